The predicted molar refractivity (Wildman–Crippen MR) is 56.2 cm³/mol. The van der Waals surface area contributed by atoms with E-state index in [4.69, 9.17) is 17.3 Å². The Hall–Kier alpha value is -0.590. The van der Waals surface area contributed by atoms with E-state index >= 15 is 0 Å². The molecule has 0 bridgehead atoms. The predicted octanol–water partition coefficient (Wildman–Crippen LogP) is 3.99. The topological polar surface area (TPSA) is 26.0 Å². The first-order valence-electron chi connectivity index (χ1n) is 4.18. The molecule has 0 saturated heterocycles. The number of hydrogen-bond acceptors (Lipinski definition) is 1. The van der Waals surface area contributed by atoms with Gasteiger partial charge in [0.15, 0.2) is 0 Å². The lowest BCUT2D eigenvalue weighted by Crippen LogP contribution is -2.22. The fourth-order valence-corrected chi connectivity index (χ4v) is 1.40. The molecule has 0 heterocycles. The summed E-state index contributed by atoms with van der Waals surface area (Å²) < 4.78 is 62.4. The Morgan fingerprint density at radius 2 is 1.76 bits per heavy atom. The molecule has 0 fully saturated rings. The van der Waals surface area contributed by atoms with E-state index in [0.29, 0.717) is 0 Å². The first kappa shape index (κ1) is 16.4. The van der Waals surface area contributed by atoms with E-state index in [-0.39, 0.29) is 12.4 Å². The summed E-state index contributed by atoms with van der Waals surface area (Å²) in [4.78, 5) is 0. The van der Waals surface area contributed by atoms with Crippen LogP contribution in [0.3, 0.4) is 0 Å². The van der Waals surface area contributed by atoms with Crippen molar-refractivity contribution >= 4 is 24.0 Å². The zero-order valence-corrected chi connectivity index (χ0v) is 9.76. The van der Waals surface area contributed by atoms with E-state index in [1.165, 1.54) is 0 Å². The van der Waals surface area contributed by atoms with Crippen LogP contribution in [0.4, 0.5) is 22.0 Å². The van der Waals surface area contributed by atoms with E-state index in [0.717, 1.165) is 12.1 Å². The van der Waals surface area contributed by atoms with Crippen molar-refractivity contribution < 1.29 is 22.0 Å². The lowest BCUT2D eigenvalue weighted by molar-refractivity contribution is -0.138. The largest absolute Gasteiger partial charge is 0.390 e. The van der Waals surface area contributed by atoms with Crippen LogP contribution in [0.15, 0.2) is 12.1 Å². The summed E-state index contributed by atoms with van der Waals surface area (Å²) in [5.41, 5.74) is 4.25. The van der Waals surface area contributed by atoms with Gasteiger partial charge in [-0.25, -0.2) is 8.78 Å². The average molecular weight is 296 g/mol. The molecule has 0 saturated carbocycles. The SMILES string of the molecule is Cl.N[C@@H](CC(F)(F)F)c1c(F)ccc(Cl)c1F. The van der Waals surface area contributed by atoms with Crippen LogP contribution in [-0.4, -0.2) is 6.18 Å². The molecule has 8 heteroatoms. The summed E-state index contributed by atoms with van der Waals surface area (Å²) in [6, 6.07) is -0.119. The van der Waals surface area contributed by atoms with Crippen molar-refractivity contribution in [1.82, 2.24) is 0 Å². The Kier molecular flexibility index (Phi) is 5.64. The molecule has 0 spiro atoms. The highest BCUT2D eigenvalue weighted by Crippen LogP contribution is 2.32. The number of halogens is 7. The van der Waals surface area contributed by atoms with Gasteiger partial charge in [-0.1, -0.05) is 11.6 Å². The number of benzene rings is 1. The van der Waals surface area contributed by atoms with Gasteiger partial charge in [-0.3, -0.25) is 0 Å². The molecule has 1 aromatic carbocycles. The lowest BCUT2D eigenvalue weighted by Gasteiger charge is -2.16. The van der Waals surface area contributed by atoms with Gasteiger partial charge in [0, 0.05) is 11.6 Å². The molecule has 0 aromatic heterocycles. The first-order chi connectivity index (χ1) is 7.22. The Morgan fingerprint density at radius 1 is 1.24 bits per heavy atom. The van der Waals surface area contributed by atoms with E-state index in [1.54, 1.807) is 0 Å². The van der Waals surface area contributed by atoms with Crippen molar-refractivity contribution in [2.75, 3.05) is 0 Å². The third-order valence-corrected chi connectivity index (χ3v) is 2.19. The van der Waals surface area contributed by atoms with Crippen LogP contribution in [0.2, 0.25) is 5.02 Å². The third kappa shape index (κ3) is 4.29. The van der Waals surface area contributed by atoms with Crippen molar-refractivity contribution in [1.29, 1.82) is 0 Å². The maximum absolute atomic E-state index is 13.3. The monoisotopic (exact) mass is 295 g/mol. The molecule has 0 unspecified atom stereocenters. The average Bonchev–Trinajstić information content (AvgIpc) is 2.09. The summed E-state index contributed by atoms with van der Waals surface area (Å²) in [6.07, 6.45) is -6.11. The maximum atomic E-state index is 13.3. The van der Waals surface area contributed by atoms with Crippen LogP contribution < -0.4 is 5.73 Å². The second kappa shape index (κ2) is 5.84. The van der Waals surface area contributed by atoms with Crippen molar-refractivity contribution in [2.45, 2.75) is 18.6 Å². The van der Waals surface area contributed by atoms with Gasteiger partial charge in [-0.2, -0.15) is 13.2 Å². The molecule has 1 aromatic rings. The van der Waals surface area contributed by atoms with Crippen LogP contribution in [0.25, 0.3) is 0 Å². The molecule has 0 aliphatic carbocycles. The number of hydrogen-bond donors (Lipinski definition) is 1. The highest BCUT2D eigenvalue weighted by atomic mass is 35.5. The highest BCUT2D eigenvalue weighted by molar-refractivity contribution is 6.30. The second-order valence-electron chi connectivity index (χ2n) is 3.18. The molecular formula is C9H8Cl2F5N. The Bertz CT molecular complexity index is 394. The second-order valence-corrected chi connectivity index (χ2v) is 3.59. The summed E-state index contributed by atoms with van der Waals surface area (Å²) in [5.74, 6) is -2.39. The van der Waals surface area contributed by atoms with Gasteiger partial charge in [0.25, 0.3) is 0 Å². The Labute approximate surface area is 105 Å². The fourth-order valence-electron chi connectivity index (χ4n) is 1.23. The van der Waals surface area contributed by atoms with Crippen LogP contribution in [0, 0.1) is 11.6 Å². The minimum absolute atomic E-state index is 0. The zero-order valence-electron chi connectivity index (χ0n) is 8.19. The number of nitrogens with two attached hydrogens (primary N) is 1. The van der Waals surface area contributed by atoms with Crippen LogP contribution >= 0.6 is 24.0 Å². The lowest BCUT2D eigenvalue weighted by atomic mass is 10.0. The molecule has 2 N–H and O–H groups in total. The minimum atomic E-state index is -4.60. The quantitative estimate of drug-likeness (QED) is 0.648. The molecule has 0 radical (unpaired) electrons. The fraction of sp³-hybridized carbons (Fsp3) is 0.333. The van der Waals surface area contributed by atoms with E-state index in [2.05, 4.69) is 0 Å². The van der Waals surface area contributed by atoms with Gasteiger partial charge in [-0.05, 0) is 12.1 Å². The van der Waals surface area contributed by atoms with Gasteiger partial charge in [0.2, 0.25) is 0 Å². The van der Waals surface area contributed by atoms with Gasteiger partial charge < -0.3 is 5.73 Å². The van der Waals surface area contributed by atoms with E-state index < -0.39 is 40.9 Å². The third-order valence-electron chi connectivity index (χ3n) is 1.90. The summed E-state index contributed by atoms with van der Waals surface area (Å²) in [5, 5.41) is -0.464. The summed E-state index contributed by atoms with van der Waals surface area (Å²) >= 11 is 5.32. The zero-order chi connectivity index (χ0) is 12.5. The first-order valence-corrected chi connectivity index (χ1v) is 4.56. The van der Waals surface area contributed by atoms with Gasteiger partial charge >= 0.3 is 6.18 Å². The molecule has 1 atom stereocenters. The smallest absolute Gasteiger partial charge is 0.323 e. The van der Waals surface area contributed by atoms with Gasteiger partial charge in [-0.15, -0.1) is 12.4 Å². The van der Waals surface area contributed by atoms with Crippen molar-refractivity contribution in [3.8, 4) is 0 Å². The Morgan fingerprint density at radius 3 is 2.24 bits per heavy atom. The minimum Gasteiger partial charge on any atom is -0.323 e. The summed E-state index contributed by atoms with van der Waals surface area (Å²) in [7, 11) is 0. The van der Waals surface area contributed by atoms with Crippen molar-refractivity contribution in [2.24, 2.45) is 5.73 Å². The van der Waals surface area contributed by atoms with Gasteiger partial charge in [0.1, 0.15) is 11.6 Å². The van der Waals surface area contributed by atoms with Crippen LogP contribution in [-0.2, 0) is 0 Å². The molecule has 1 nitrogen and oxygen atoms in total. The number of rotatable bonds is 2. The standard InChI is InChI=1S/C9H7ClF5N.ClH/c10-4-1-2-5(11)7(8(4)12)6(16)3-9(13,14)15;/h1-2,6H,3,16H2;1H/t6-;/m0./s1. The van der Waals surface area contributed by atoms with Crippen LogP contribution in [0.5, 0.6) is 0 Å². The normalized spacial score (nSPS) is 13.1. The number of alkyl halides is 3. The van der Waals surface area contributed by atoms with Crippen LogP contribution in [0.1, 0.15) is 18.0 Å². The van der Waals surface area contributed by atoms with E-state index in [9.17, 15) is 22.0 Å². The van der Waals surface area contributed by atoms with E-state index in [1.807, 2.05) is 0 Å². The molecule has 1 rings (SSSR count). The molecule has 0 aliphatic rings. The molecule has 98 valence electrons. The highest BCUT2D eigenvalue weighted by Gasteiger charge is 2.33. The van der Waals surface area contributed by atoms with Gasteiger partial charge in [0.05, 0.1) is 11.4 Å². The molecule has 17 heavy (non-hydrogen) atoms. The van der Waals surface area contributed by atoms with Crippen molar-refractivity contribution in [3.63, 3.8) is 0 Å². The summed E-state index contributed by atoms with van der Waals surface area (Å²) in [6.45, 7) is 0. The molecule has 0 amide bonds. The van der Waals surface area contributed by atoms with Crippen molar-refractivity contribution in [3.05, 3.63) is 34.4 Å². The molecular weight excluding hydrogens is 288 g/mol. The maximum Gasteiger partial charge on any atom is 0.390 e. The Balaban J connectivity index is 0.00000256. The molecule has 0 aliphatic heterocycles.